The molecule has 1 aromatic carbocycles. The third-order valence-electron chi connectivity index (χ3n) is 2.28. The van der Waals surface area contributed by atoms with Gasteiger partial charge in [0.15, 0.2) is 0 Å². The summed E-state index contributed by atoms with van der Waals surface area (Å²) in [6.45, 7) is 0.936. The van der Waals surface area contributed by atoms with Gasteiger partial charge in [0.1, 0.15) is 5.75 Å². The molecule has 0 radical (unpaired) electrons. The lowest BCUT2D eigenvalue weighted by atomic mass is 10.3. The zero-order valence-electron chi connectivity index (χ0n) is 9.80. The van der Waals surface area contributed by atoms with Crippen molar-refractivity contribution < 1.29 is 9.15 Å². The number of nitrogens with two attached hydrogens (primary N) is 1. The van der Waals surface area contributed by atoms with Gasteiger partial charge in [-0.3, -0.25) is 0 Å². The SMILES string of the molecule is NCCc1nnc(CCOc2ccccc2Cl)o1. The molecule has 0 aliphatic heterocycles. The highest BCUT2D eigenvalue weighted by Gasteiger charge is 2.06. The van der Waals surface area contributed by atoms with Gasteiger partial charge >= 0.3 is 0 Å². The number of halogens is 1. The molecule has 96 valence electrons. The van der Waals surface area contributed by atoms with Crippen LogP contribution >= 0.6 is 11.6 Å². The van der Waals surface area contributed by atoms with Crippen LogP contribution in [0.1, 0.15) is 11.8 Å². The van der Waals surface area contributed by atoms with E-state index in [1.54, 1.807) is 6.07 Å². The molecule has 6 heteroatoms. The molecular weight excluding hydrogens is 254 g/mol. The first-order valence-electron chi connectivity index (χ1n) is 5.68. The molecule has 0 bridgehead atoms. The lowest BCUT2D eigenvalue weighted by Crippen LogP contribution is -2.02. The average Bonchev–Trinajstić information content (AvgIpc) is 2.80. The fourth-order valence-electron chi connectivity index (χ4n) is 1.42. The van der Waals surface area contributed by atoms with Crippen LogP contribution < -0.4 is 10.5 Å². The van der Waals surface area contributed by atoms with Gasteiger partial charge in [-0.25, -0.2) is 0 Å². The van der Waals surface area contributed by atoms with Gasteiger partial charge in [0.05, 0.1) is 18.1 Å². The molecule has 2 aromatic rings. The summed E-state index contributed by atoms with van der Waals surface area (Å²) in [5.41, 5.74) is 5.40. The smallest absolute Gasteiger partial charge is 0.219 e. The Morgan fingerprint density at radius 1 is 1.17 bits per heavy atom. The van der Waals surface area contributed by atoms with Crippen LogP contribution in [0.2, 0.25) is 5.02 Å². The van der Waals surface area contributed by atoms with Crippen molar-refractivity contribution in [2.24, 2.45) is 5.73 Å². The Morgan fingerprint density at radius 3 is 2.61 bits per heavy atom. The second-order valence-corrected chi connectivity index (χ2v) is 4.06. The van der Waals surface area contributed by atoms with Gasteiger partial charge in [-0.2, -0.15) is 0 Å². The van der Waals surface area contributed by atoms with E-state index in [1.807, 2.05) is 18.2 Å². The molecule has 0 spiro atoms. The molecule has 1 heterocycles. The van der Waals surface area contributed by atoms with Crippen LogP contribution in [0.3, 0.4) is 0 Å². The normalized spacial score (nSPS) is 10.6. The summed E-state index contributed by atoms with van der Waals surface area (Å²) in [5, 5.41) is 8.36. The quantitative estimate of drug-likeness (QED) is 0.864. The summed E-state index contributed by atoms with van der Waals surface area (Å²) in [6.07, 6.45) is 1.14. The van der Waals surface area contributed by atoms with Crippen LogP contribution in [0.25, 0.3) is 0 Å². The van der Waals surface area contributed by atoms with Crippen molar-refractivity contribution in [1.82, 2.24) is 10.2 Å². The Morgan fingerprint density at radius 2 is 1.89 bits per heavy atom. The van der Waals surface area contributed by atoms with Crippen LogP contribution in [0.15, 0.2) is 28.7 Å². The van der Waals surface area contributed by atoms with E-state index in [-0.39, 0.29) is 0 Å². The summed E-state index contributed by atoms with van der Waals surface area (Å²) >= 11 is 5.96. The number of ether oxygens (including phenoxy) is 1. The monoisotopic (exact) mass is 267 g/mol. The van der Waals surface area contributed by atoms with Gasteiger partial charge in [0.25, 0.3) is 0 Å². The topological polar surface area (TPSA) is 74.2 Å². The lowest BCUT2D eigenvalue weighted by Gasteiger charge is -2.05. The van der Waals surface area contributed by atoms with Crippen molar-refractivity contribution in [2.75, 3.05) is 13.2 Å². The molecule has 0 unspecified atom stereocenters. The second-order valence-electron chi connectivity index (χ2n) is 3.66. The maximum Gasteiger partial charge on any atom is 0.219 e. The largest absolute Gasteiger partial charge is 0.491 e. The van der Waals surface area contributed by atoms with Gasteiger partial charge in [-0.1, -0.05) is 23.7 Å². The first-order valence-corrected chi connectivity index (χ1v) is 6.06. The van der Waals surface area contributed by atoms with Crippen molar-refractivity contribution >= 4 is 11.6 Å². The van der Waals surface area contributed by atoms with Gasteiger partial charge in [-0.05, 0) is 12.1 Å². The Labute approximate surface area is 110 Å². The van der Waals surface area contributed by atoms with E-state index in [4.69, 9.17) is 26.5 Å². The molecule has 2 N–H and O–H groups in total. The van der Waals surface area contributed by atoms with Gasteiger partial charge in [0.2, 0.25) is 11.8 Å². The number of nitrogens with zero attached hydrogens (tertiary/aromatic N) is 2. The molecule has 0 saturated heterocycles. The first kappa shape index (κ1) is 12.9. The van der Waals surface area contributed by atoms with E-state index in [1.165, 1.54) is 0 Å². The average molecular weight is 268 g/mol. The predicted molar refractivity (Wildman–Crippen MR) is 67.7 cm³/mol. The lowest BCUT2D eigenvalue weighted by molar-refractivity contribution is 0.304. The molecule has 0 saturated carbocycles. The molecule has 0 amide bonds. The number of para-hydroxylation sites is 1. The minimum atomic E-state index is 0.438. The van der Waals surface area contributed by atoms with Crippen LogP contribution in [0, 0.1) is 0 Å². The third kappa shape index (κ3) is 3.45. The molecule has 1 aromatic heterocycles. The van der Waals surface area contributed by atoms with Crippen molar-refractivity contribution in [1.29, 1.82) is 0 Å². The first-order chi connectivity index (χ1) is 8.79. The van der Waals surface area contributed by atoms with E-state index in [0.717, 1.165) is 0 Å². The summed E-state index contributed by atoms with van der Waals surface area (Å²) < 4.78 is 10.9. The van der Waals surface area contributed by atoms with Gasteiger partial charge in [-0.15, -0.1) is 10.2 Å². The van der Waals surface area contributed by atoms with Crippen molar-refractivity contribution in [2.45, 2.75) is 12.8 Å². The summed E-state index contributed by atoms with van der Waals surface area (Å²) in [5.74, 6) is 1.76. The second kappa shape index (κ2) is 6.37. The Kier molecular flexibility index (Phi) is 4.55. The minimum absolute atomic E-state index is 0.438. The zero-order chi connectivity index (χ0) is 12.8. The van der Waals surface area contributed by atoms with Crippen molar-refractivity contribution in [3.63, 3.8) is 0 Å². The van der Waals surface area contributed by atoms with Crippen LogP contribution in [0.4, 0.5) is 0 Å². The van der Waals surface area contributed by atoms with E-state index >= 15 is 0 Å². The minimum Gasteiger partial charge on any atom is -0.491 e. The van der Waals surface area contributed by atoms with E-state index < -0.39 is 0 Å². The number of benzene rings is 1. The zero-order valence-corrected chi connectivity index (χ0v) is 10.6. The van der Waals surface area contributed by atoms with E-state index in [2.05, 4.69) is 10.2 Å². The molecule has 0 aliphatic carbocycles. The number of hydrogen-bond acceptors (Lipinski definition) is 5. The highest BCUT2D eigenvalue weighted by Crippen LogP contribution is 2.23. The number of rotatable bonds is 6. The molecule has 2 rings (SSSR count). The maximum absolute atomic E-state index is 5.96. The predicted octanol–water partition coefficient (Wildman–Crippen LogP) is 1.85. The maximum atomic E-state index is 5.96. The molecular formula is C12H14ClN3O2. The summed E-state index contributed by atoms with van der Waals surface area (Å²) in [7, 11) is 0. The highest BCUT2D eigenvalue weighted by atomic mass is 35.5. The van der Waals surface area contributed by atoms with Gasteiger partial charge < -0.3 is 14.9 Å². The van der Waals surface area contributed by atoms with Gasteiger partial charge in [0, 0.05) is 13.0 Å². The van der Waals surface area contributed by atoms with Crippen molar-refractivity contribution in [3.8, 4) is 5.75 Å². The Hall–Kier alpha value is -1.59. The highest BCUT2D eigenvalue weighted by molar-refractivity contribution is 6.32. The number of aromatic nitrogens is 2. The Bertz CT molecular complexity index is 502. The van der Waals surface area contributed by atoms with Crippen LogP contribution in [0.5, 0.6) is 5.75 Å². The van der Waals surface area contributed by atoms with Crippen LogP contribution in [-0.2, 0) is 12.8 Å². The standard InChI is InChI=1S/C12H14ClN3O2/c13-9-3-1-2-4-10(9)17-8-6-12-16-15-11(18-12)5-7-14/h1-4H,5-8,14H2. The third-order valence-corrected chi connectivity index (χ3v) is 2.59. The molecule has 0 fully saturated rings. The fourth-order valence-corrected chi connectivity index (χ4v) is 1.61. The fraction of sp³-hybridized carbons (Fsp3) is 0.333. The summed E-state index contributed by atoms with van der Waals surface area (Å²) in [6, 6.07) is 7.32. The Balaban J connectivity index is 1.83. The van der Waals surface area contributed by atoms with Crippen molar-refractivity contribution in [3.05, 3.63) is 41.1 Å². The number of hydrogen-bond donors (Lipinski definition) is 1. The van der Waals surface area contributed by atoms with Crippen LogP contribution in [-0.4, -0.2) is 23.3 Å². The molecule has 0 aliphatic rings. The molecule has 0 atom stereocenters. The van der Waals surface area contributed by atoms with E-state index in [9.17, 15) is 0 Å². The molecule has 5 nitrogen and oxygen atoms in total. The van der Waals surface area contributed by atoms with E-state index in [0.29, 0.717) is 48.5 Å². The molecule has 18 heavy (non-hydrogen) atoms. The summed E-state index contributed by atoms with van der Waals surface area (Å²) in [4.78, 5) is 0.